The number of aromatic nitrogens is 2. The van der Waals surface area contributed by atoms with Gasteiger partial charge in [0.25, 0.3) is 0 Å². The van der Waals surface area contributed by atoms with Gasteiger partial charge in [0, 0.05) is 24.9 Å². The molecule has 2 amide bonds. The van der Waals surface area contributed by atoms with Crippen LogP contribution in [0.25, 0.3) is 0 Å². The van der Waals surface area contributed by atoms with E-state index in [9.17, 15) is 18.0 Å². The zero-order valence-electron chi connectivity index (χ0n) is 16.8. The highest BCUT2D eigenvalue weighted by Crippen LogP contribution is 2.22. The second-order valence-electron chi connectivity index (χ2n) is 6.69. The number of sulfone groups is 1. The minimum Gasteiger partial charge on any atom is -0.439 e. The summed E-state index contributed by atoms with van der Waals surface area (Å²) in [5.41, 5.74) is 1.27. The predicted molar refractivity (Wildman–Crippen MR) is 115 cm³/mol. The van der Waals surface area contributed by atoms with Crippen LogP contribution in [0, 0.1) is 0 Å². The number of benzene rings is 2. The van der Waals surface area contributed by atoms with Crippen molar-refractivity contribution in [2.45, 2.75) is 18.2 Å². The third-order valence-electron chi connectivity index (χ3n) is 4.02. The summed E-state index contributed by atoms with van der Waals surface area (Å²) in [7, 11) is -3.27. The molecule has 0 bridgehead atoms. The largest absolute Gasteiger partial charge is 0.439 e. The Labute approximate surface area is 179 Å². The monoisotopic (exact) mass is 440 g/mol. The number of amides is 2. The van der Waals surface area contributed by atoms with Crippen LogP contribution in [0.15, 0.2) is 65.8 Å². The first kappa shape index (κ1) is 21.9. The van der Waals surface area contributed by atoms with E-state index in [1.54, 1.807) is 36.4 Å². The maximum atomic E-state index is 12.3. The second-order valence-corrected chi connectivity index (χ2v) is 8.71. The van der Waals surface area contributed by atoms with E-state index in [-0.39, 0.29) is 29.0 Å². The molecule has 3 rings (SSSR count). The molecule has 2 N–H and O–H groups in total. The Morgan fingerprint density at radius 3 is 2.26 bits per heavy atom. The number of ether oxygens (including phenoxy) is 1. The Morgan fingerprint density at radius 1 is 0.968 bits per heavy atom. The van der Waals surface area contributed by atoms with Crippen molar-refractivity contribution in [3.05, 3.63) is 66.5 Å². The SMILES string of the molecule is CC(=O)Nc1cc(Oc2ccc(NC(=O)Cc3ccc(S(C)(=O)=O)cc3)cc2)ncn1. The van der Waals surface area contributed by atoms with E-state index < -0.39 is 9.84 Å². The average Bonchev–Trinajstić information content (AvgIpc) is 2.69. The molecule has 0 aliphatic rings. The Bertz CT molecular complexity index is 1190. The number of anilines is 2. The van der Waals surface area contributed by atoms with Crippen LogP contribution in [0.1, 0.15) is 12.5 Å². The van der Waals surface area contributed by atoms with Gasteiger partial charge in [-0.25, -0.2) is 18.4 Å². The molecule has 0 saturated carbocycles. The van der Waals surface area contributed by atoms with Gasteiger partial charge in [0.2, 0.25) is 17.7 Å². The minimum atomic E-state index is -3.27. The van der Waals surface area contributed by atoms with Crippen molar-refractivity contribution in [2.75, 3.05) is 16.9 Å². The fraction of sp³-hybridized carbons (Fsp3) is 0.143. The highest BCUT2D eigenvalue weighted by atomic mass is 32.2. The van der Waals surface area contributed by atoms with Crippen LogP contribution in [-0.4, -0.2) is 36.5 Å². The van der Waals surface area contributed by atoms with Gasteiger partial charge in [0.1, 0.15) is 17.9 Å². The highest BCUT2D eigenvalue weighted by Gasteiger charge is 2.09. The van der Waals surface area contributed by atoms with E-state index >= 15 is 0 Å². The van der Waals surface area contributed by atoms with Gasteiger partial charge in [-0.3, -0.25) is 9.59 Å². The first-order valence-corrected chi connectivity index (χ1v) is 11.0. The van der Waals surface area contributed by atoms with Crippen LogP contribution in [0.5, 0.6) is 11.6 Å². The number of hydrogen-bond acceptors (Lipinski definition) is 7. The van der Waals surface area contributed by atoms with Gasteiger partial charge in [-0.05, 0) is 42.0 Å². The van der Waals surface area contributed by atoms with Crippen LogP contribution < -0.4 is 15.4 Å². The molecule has 0 unspecified atom stereocenters. The van der Waals surface area contributed by atoms with Crippen molar-refractivity contribution in [1.29, 1.82) is 0 Å². The molecule has 1 heterocycles. The lowest BCUT2D eigenvalue weighted by Gasteiger charge is -2.09. The maximum Gasteiger partial charge on any atom is 0.228 e. The van der Waals surface area contributed by atoms with Gasteiger partial charge in [-0.2, -0.15) is 0 Å². The van der Waals surface area contributed by atoms with Gasteiger partial charge >= 0.3 is 0 Å². The molecule has 31 heavy (non-hydrogen) atoms. The van der Waals surface area contributed by atoms with Gasteiger partial charge in [0.15, 0.2) is 9.84 Å². The molecule has 160 valence electrons. The predicted octanol–water partition coefficient (Wildman–Crippen LogP) is 2.81. The number of nitrogens with zero attached hydrogens (tertiary/aromatic N) is 2. The summed E-state index contributed by atoms with van der Waals surface area (Å²) < 4.78 is 28.6. The van der Waals surface area contributed by atoms with Crippen molar-refractivity contribution in [1.82, 2.24) is 9.97 Å². The number of nitrogens with one attached hydrogen (secondary N) is 2. The minimum absolute atomic E-state index is 0.106. The molecule has 1 aromatic heterocycles. The lowest BCUT2D eigenvalue weighted by Crippen LogP contribution is -2.14. The van der Waals surface area contributed by atoms with Gasteiger partial charge in [-0.1, -0.05) is 12.1 Å². The molecule has 0 atom stereocenters. The third-order valence-corrected chi connectivity index (χ3v) is 5.15. The number of hydrogen-bond donors (Lipinski definition) is 2. The molecule has 2 aromatic carbocycles. The Kier molecular flexibility index (Phi) is 6.61. The van der Waals surface area contributed by atoms with E-state index in [0.29, 0.717) is 22.8 Å². The molecule has 3 aromatic rings. The molecule has 0 saturated heterocycles. The fourth-order valence-electron chi connectivity index (χ4n) is 2.62. The van der Waals surface area contributed by atoms with E-state index in [0.717, 1.165) is 6.26 Å². The summed E-state index contributed by atoms with van der Waals surface area (Å²) in [6.07, 6.45) is 2.52. The molecule has 0 aliphatic heterocycles. The topological polar surface area (TPSA) is 127 Å². The van der Waals surface area contributed by atoms with E-state index in [1.807, 2.05) is 0 Å². The van der Waals surface area contributed by atoms with E-state index in [4.69, 9.17) is 4.74 Å². The zero-order chi connectivity index (χ0) is 22.4. The zero-order valence-corrected chi connectivity index (χ0v) is 17.6. The van der Waals surface area contributed by atoms with Crippen molar-refractivity contribution in [2.24, 2.45) is 0 Å². The van der Waals surface area contributed by atoms with E-state index in [1.165, 1.54) is 31.5 Å². The van der Waals surface area contributed by atoms with Crippen LogP contribution in [0.4, 0.5) is 11.5 Å². The highest BCUT2D eigenvalue weighted by molar-refractivity contribution is 7.90. The lowest BCUT2D eigenvalue weighted by molar-refractivity contribution is -0.116. The summed E-state index contributed by atoms with van der Waals surface area (Å²) in [6, 6.07) is 14.4. The van der Waals surface area contributed by atoms with Crippen LogP contribution >= 0.6 is 0 Å². The van der Waals surface area contributed by atoms with Gasteiger partial charge in [-0.15, -0.1) is 0 Å². The quantitative estimate of drug-likeness (QED) is 0.578. The molecule has 0 radical (unpaired) electrons. The van der Waals surface area contributed by atoms with Crippen molar-refractivity contribution in [3.63, 3.8) is 0 Å². The molecular formula is C21H20N4O5S. The average molecular weight is 440 g/mol. The number of carbonyl (C=O) groups is 2. The van der Waals surface area contributed by atoms with Crippen molar-refractivity contribution in [3.8, 4) is 11.6 Å². The third kappa shape index (κ3) is 6.61. The van der Waals surface area contributed by atoms with Crippen molar-refractivity contribution >= 4 is 33.2 Å². The second kappa shape index (κ2) is 9.35. The van der Waals surface area contributed by atoms with Crippen LogP contribution in [0.3, 0.4) is 0 Å². The fourth-order valence-corrected chi connectivity index (χ4v) is 3.25. The smallest absolute Gasteiger partial charge is 0.228 e. The maximum absolute atomic E-state index is 12.3. The summed E-state index contributed by atoms with van der Waals surface area (Å²) in [5, 5.41) is 5.32. The lowest BCUT2D eigenvalue weighted by atomic mass is 10.1. The number of carbonyl (C=O) groups excluding carboxylic acids is 2. The summed E-state index contributed by atoms with van der Waals surface area (Å²) in [4.78, 5) is 31.5. The van der Waals surface area contributed by atoms with E-state index in [2.05, 4.69) is 20.6 Å². The Morgan fingerprint density at radius 2 is 1.65 bits per heavy atom. The molecule has 0 spiro atoms. The standard InChI is InChI=1S/C21H20N4O5S/c1-14(26)24-19-12-21(23-13-22-19)30-17-7-5-16(6-8-17)25-20(27)11-15-3-9-18(10-4-15)31(2,28)29/h3-10,12-13H,11H2,1-2H3,(H,25,27)(H,22,23,24,26). The molecule has 0 fully saturated rings. The summed E-state index contributed by atoms with van der Waals surface area (Å²) in [5.74, 6) is 0.577. The van der Waals surface area contributed by atoms with Gasteiger partial charge in [0.05, 0.1) is 11.3 Å². The summed E-state index contributed by atoms with van der Waals surface area (Å²) >= 11 is 0. The van der Waals surface area contributed by atoms with Crippen molar-refractivity contribution < 1.29 is 22.7 Å². The Hall–Kier alpha value is -3.79. The summed E-state index contributed by atoms with van der Waals surface area (Å²) in [6.45, 7) is 1.38. The first-order valence-electron chi connectivity index (χ1n) is 9.15. The molecule has 10 heteroatoms. The van der Waals surface area contributed by atoms with Crippen LogP contribution in [0.2, 0.25) is 0 Å². The normalized spacial score (nSPS) is 10.9. The van der Waals surface area contributed by atoms with Gasteiger partial charge < -0.3 is 15.4 Å². The molecular weight excluding hydrogens is 420 g/mol. The molecule has 9 nitrogen and oxygen atoms in total. The Balaban J connectivity index is 1.58. The first-order chi connectivity index (χ1) is 14.7. The number of rotatable bonds is 7. The molecule has 0 aliphatic carbocycles. The van der Waals surface area contributed by atoms with Crippen LogP contribution in [-0.2, 0) is 25.8 Å².